The average molecular weight is 399 g/mol. The van der Waals surface area contributed by atoms with Crippen LogP contribution in [0.3, 0.4) is 0 Å². The fourth-order valence-electron chi connectivity index (χ4n) is 4.09. The molecule has 156 valence electrons. The Kier molecular flexibility index (Phi) is 7.38. The van der Waals surface area contributed by atoms with E-state index in [1.54, 1.807) is 11.0 Å². The van der Waals surface area contributed by atoms with E-state index in [0.29, 0.717) is 32.7 Å². The van der Waals surface area contributed by atoms with E-state index in [1.807, 2.05) is 30.0 Å². The number of aryl methyl sites for hydroxylation is 2. The van der Waals surface area contributed by atoms with Gasteiger partial charge in [-0.3, -0.25) is 14.3 Å². The van der Waals surface area contributed by atoms with Crippen LogP contribution in [0.5, 0.6) is 0 Å². The van der Waals surface area contributed by atoms with Crippen LogP contribution in [0.15, 0.2) is 43.0 Å². The van der Waals surface area contributed by atoms with E-state index in [4.69, 9.17) is 4.74 Å². The maximum Gasteiger partial charge on any atom is 0.313 e. The molecule has 1 aliphatic heterocycles. The molecule has 1 atom stereocenters. The van der Waals surface area contributed by atoms with E-state index in [2.05, 4.69) is 22.2 Å². The molecule has 1 fully saturated rings. The molecule has 0 radical (unpaired) electrons. The van der Waals surface area contributed by atoms with Gasteiger partial charge in [0, 0.05) is 19.5 Å². The molecule has 1 amide bonds. The number of piperidine rings is 1. The fraction of sp³-hybridized carbons (Fsp3) is 0.545. The second kappa shape index (κ2) is 10.2. The molecule has 7 nitrogen and oxygen atoms in total. The molecular formula is C22H30N4O3. The molecule has 7 heteroatoms. The Labute approximate surface area is 172 Å². The smallest absolute Gasteiger partial charge is 0.313 e. The number of carbonyl (C=O) groups is 2. The summed E-state index contributed by atoms with van der Waals surface area (Å²) in [6, 6.07) is 10.3. The number of aromatic nitrogens is 3. The minimum absolute atomic E-state index is 0.0527. The molecule has 1 aliphatic rings. The third kappa shape index (κ3) is 5.65. The van der Waals surface area contributed by atoms with Crippen molar-refractivity contribution in [1.82, 2.24) is 19.7 Å². The summed E-state index contributed by atoms with van der Waals surface area (Å²) in [5.41, 5.74) is 0.662. The molecule has 1 saturated heterocycles. The molecular weight excluding hydrogens is 368 g/mol. The Hall–Kier alpha value is -2.70. The van der Waals surface area contributed by atoms with E-state index < -0.39 is 5.41 Å². The highest BCUT2D eigenvalue weighted by Gasteiger charge is 2.44. The zero-order valence-electron chi connectivity index (χ0n) is 17.1. The molecule has 2 heterocycles. The Balaban J connectivity index is 1.62. The number of rotatable bonds is 9. The minimum atomic E-state index is -0.605. The van der Waals surface area contributed by atoms with Crippen LogP contribution in [0.4, 0.5) is 0 Å². The first kappa shape index (κ1) is 21.0. The van der Waals surface area contributed by atoms with Gasteiger partial charge in [0.25, 0.3) is 0 Å². The van der Waals surface area contributed by atoms with E-state index >= 15 is 0 Å². The van der Waals surface area contributed by atoms with Gasteiger partial charge in [-0.2, -0.15) is 5.10 Å². The van der Waals surface area contributed by atoms with Crippen LogP contribution in [0.1, 0.15) is 44.6 Å². The van der Waals surface area contributed by atoms with Gasteiger partial charge >= 0.3 is 5.97 Å². The van der Waals surface area contributed by atoms with Crippen molar-refractivity contribution in [1.29, 1.82) is 0 Å². The lowest BCUT2D eigenvalue weighted by Crippen LogP contribution is -2.50. The number of carbonyl (C=O) groups excluding carboxylic acids is 2. The average Bonchev–Trinajstić information content (AvgIpc) is 3.27. The van der Waals surface area contributed by atoms with Gasteiger partial charge in [0.2, 0.25) is 5.91 Å². The van der Waals surface area contributed by atoms with E-state index in [1.165, 1.54) is 11.9 Å². The number of nitrogens with zero attached hydrogens (tertiary/aromatic N) is 4. The van der Waals surface area contributed by atoms with Crippen LogP contribution in [-0.2, 0) is 27.3 Å². The standard InChI is InChI=1S/C22H30N4O3/c1-2-29-21(28)22(12-6-10-19-8-4-3-5-9-19)13-7-14-25(16-22)20(27)11-15-26-18-23-17-24-26/h3-5,8-9,17-18H,2,6-7,10-16H2,1H3/t22-/m1/s1. The quantitative estimate of drug-likeness (QED) is 0.607. The highest BCUT2D eigenvalue weighted by molar-refractivity contribution is 5.80. The summed E-state index contributed by atoms with van der Waals surface area (Å²) >= 11 is 0. The second-order valence-corrected chi connectivity index (χ2v) is 7.67. The van der Waals surface area contributed by atoms with Gasteiger partial charge in [-0.05, 0) is 44.6 Å². The highest BCUT2D eigenvalue weighted by Crippen LogP contribution is 2.37. The van der Waals surface area contributed by atoms with Crippen LogP contribution in [0.25, 0.3) is 0 Å². The monoisotopic (exact) mass is 398 g/mol. The van der Waals surface area contributed by atoms with Gasteiger partial charge in [0.1, 0.15) is 12.7 Å². The number of hydrogen-bond donors (Lipinski definition) is 0. The van der Waals surface area contributed by atoms with Gasteiger partial charge in [-0.15, -0.1) is 0 Å². The van der Waals surface area contributed by atoms with Crippen molar-refractivity contribution in [3.05, 3.63) is 48.5 Å². The minimum Gasteiger partial charge on any atom is -0.466 e. The van der Waals surface area contributed by atoms with Crippen LogP contribution in [-0.4, -0.2) is 51.2 Å². The summed E-state index contributed by atoms with van der Waals surface area (Å²) in [6.45, 7) is 3.82. The molecule has 3 rings (SSSR count). The molecule has 0 bridgehead atoms. The van der Waals surface area contributed by atoms with Gasteiger partial charge in [0.05, 0.1) is 18.6 Å². The first-order valence-corrected chi connectivity index (χ1v) is 10.4. The summed E-state index contributed by atoms with van der Waals surface area (Å²) in [7, 11) is 0. The van der Waals surface area contributed by atoms with Crippen molar-refractivity contribution in [2.75, 3.05) is 19.7 Å². The normalized spacial score (nSPS) is 19.1. The van der Waals surface area contributed by atoms with E-state index in [9.17, 15) is 9.59 Å². The summed E-state index contributed by atoms with van der Waals surface area (Å²) in [5, 5.41) is 4.04. The van der Waals surface area contributed by atoms with Gasteiger partial charge in [-0.1, -0.05) is 30.3 Å². The van der Waals surface area contributed by atoms with Crippen molar-refractivity contribution >= 4 is 11.9 Å². The molecule has 1 aromatic carbocycles. The molecule has 29 heavy (non-hydrogen) atoms. The maximum atomic E-state index is 12.9. The predicted molar refractivity (Wildman–Crippen MR) is 109 cm³/mol. The molecule has 0 N–H and O–H groups in total. The molecule has 2 aromatic rings. The number of hydrogen-bond acceptors (Lipinski definition) is 5. The summed E-state index contributed by atoms with van der Waals surface area (Å²) in [6.07, 6.45) is 7.55. The van der Waals surface area contributed by atoms with Crippen LogP contribution >= 0.6 is 0 Å². The number of amides is 1. The van der Waals surface area contributed by atoms with Gasteiger partial charge in [0.15, 0.2) is 0 Å². The number of ether oxygens (including phenoxy) is 1. The molecule has 0 saturated carbocycles. The van der Waals surface area contributed by atoms with Crippen molar-refractivity contribution in [3.63, 3.8) is 0 Å². The SMILES string of the molecule is CCOC(=O)[C@]1(CCCc2ccccc2)CCCN(C(=O)CCn2cncn2)C1. The third-order valence-electron chi connectivity index (χ3n) is 5.62. The summed E-state index contributed by atoms with van der Waals surface area (Å²) in [4.78, 5) is 31.4. The number of likely N-dealkylation sites (tertiary alicyclic amines) is 1. The van der Waals surface area contributed by atoms with Gasteiger partial charge < -0.3 is 9.64 Å². The Bertz CT molecular complexity index is 779. The predicted octanol–water partition coefficient (Wildman–Crippen LogP) is 2.86. The zero-order valence-corrected chi connectivity index (χ0v) is 17.1. The second-order valence-electron chi connectivity index (χ2n) is 7.67. The molecule has 1 aromatic heterocycles. The van der Waals surface area contributed by atoms with Crippen molar-refractivity contribution in [3.8, 4) is 0 Å². The Morgan fingerprint density at radius 1 is 1.24 bits per heavy atom. The first-order valence-electron chi connectivity index (χ1n) is 10.4. The maximum absolute atomic E-state index is 12.9. The van der Waals surface area contributed by atoms with Crippen molar-refractivity contribution in [2.45, 2.75) is 52.0 Å². The third-order valence-corrected chi connectivity index (χ3v) is 5.62. The summed E-state index contributed by atoms with van der Waals surface area (Å²) in [5.74, 6) is -0.112. The molecule has 0 spiro atoms. The topological polar surface area (TPSA) is 77.3 Å². The number of esters is 1. The molecule has 0 unspecified atom stereocenters. The lowest BCUT2D eigenvalue weighted by molar-refractivity contribution is -0.161. The van der Waals surface area contributed by atoms with Gasteiger partial charge in [-0.25, -0.2) is 4.98 Å². The first-order chi connectivity index (χ1) is 14.1. The van der Waals surface area contributed by atoms with Crippen LogP contribution in [0.2, 0.25) is 0 Å². The zero-order chi connectivity index (χ0) is 20.5. The Morgan fingerprint density at radius 3 is 2.79 bits per heavy atom. The fourth-order valence-corrected chi connectivity index (χ4v) is 4.09. The van der Waals surface area contributed by atoms with Crippen LogP contribution < -0.4 is 0 Å². The number of benzene rings is 1. The summed E-state index contributed by atoms with van der Waals surface area (Å²) < 4.78 is 7.09. The Morgan fingerprint density at radius 2 is 2.07 bits per heavy atom. The van der Waals surface area contributed by atoms with Crippen molar-refractivity contribution < 1.29 is 14.3 Å². The van der Waals surface area contributed by atoms with E-state index in [-0.39, 0.29) is 11.9 Å². The molecule has 0 aliphatic carbocycles. The van der Waals surface area contributed by atoms with Crippen molar-refractivity contribution in [2.24, 2.45) is 5.41 Å². The highest BCUT2D eigenvalue weighted by atomic mass is 16.5. The van der Waals surface area contributed by atoms with Crippen LogP contribution in [0, 0.1) is 5.41 Å². The van der Waals surface area contributed by atoms with E-state index in [0.717, 1.165) is 32.1 Å². The lowest BCUT2D eigenvalue weighted by Gasteiger charge is -2.41. The largest absolute Gasteiger partial charge is 0.466 e. The lowest BCUT2D eigenvalue weighted by atomic mass is 9.75.